The molecule has 1 unspecified atom stereocenters. The summed E-state index contributed by atoms with van der Waals surface area (Å²) in [5.41, 5.74) is 10.7. The highest BCUT2D eigenvalue weighted by molar-refractivity contribution is 5.80. The average Bonchev–Trinajstić information content (AvgIpc) is 3.16. The fourth-order valence-electron chi connectivity index (χ4n) is 2.90. The number of unbranched alkanes of at least 4 members (excludes halogenated alkanes) is 2. The number of aromatic nitrogens is 4. The van der Waals surface area contributed by atoms with Gasteiger partial charge in [-0.1, -0.05) is 74.7 Å². The average molecular weight is 321 g/mol. The Labute approximate surface area is 142 Å². The molecule has 1 heterocycles. The van der Waals surface area contributed by atoms with Crippen LogP contribution < -0.4 is 5.73 Å². The number of rotatable bonds is 7. The van der Waals surface area contributed by atoms with Crippen molar-refractivity contribution in [2.24, 2.45) is 5.73 Å². The van der Waals surface area contributed by atoms with Crippen LogP contribution in [0.4, 0.5) is 0 Å². The molecule has 24 heavy (non-hydrogen) atoms. The van der Waals surface area contributed by atoms with Crippen LogP contribution in [0.5, 0.6) is 0 Å². The zero-order valence-corrected chi connectivity index (χ0v) is 13.9. The minimum Gasteiger partial charge on any atom is -0.324 e. The van der Waals surface area contributed by atoms with Gasteiger partial charge >= 0.3 is 0 Å². The summed E-state index contributed by atoms with van der Waals surface area (Å²) in [7, 11) is 0. The third kappa shape index (κ3) is 3.68. The molecule has 3 N–H and O–H groups in total. The van der Waals surface area contributed by atoms with E-state index in [2.05, 4.69) is 57.9 Å². The van der Waals surface area contributed by atoms with E-state index in [1.54, 1.807) is 0 Å². The Bertz CT molecular complexity index is 750. The minimum atomic E-state index is 0.109. The van der Waals surface area contributed by atoms with E-state index in [4.69, 9.17) is 5.73 Å². The lowest BCUT2D eigenvalue weighted by atomic mass is 9.95. The largest absolute Gasteiger partial charge is 0.324 e. The Hall–Kier alpha value is -2.53. The SMILES string of the molecule is CCCCCC(N)c1ccc(-c2ccccc2-c2nn[nH]n2)cc1. The van der Waals surface area contributed by atoms with Crippen LogP contribution in [-0.2, 0) is 0 Å². The van der Waals surface area contributed by atoms with Gasteiger partial charge in [-0.3, -0.25) is 0 Å². The fourth-order valence-corrected chi connectivity index (χ4v) is 2.90. The molecule has 5 heteroatoms. The summed E-state index contributed by atoms with van der Waals surface area (Å²) in [5.74, 6) is 0.603. The van der Waals surface area contributed by atoms with E-state index in [0.717, 1.165) is 23.1 Å². The number of benzene rings is 2. The first-order valence-corrected chi connectivity index (χ1v) is 8.48. The van der Waals surface area contributed by atoms with Crippen molar-refractivity contribution >= 4 is 0 Å². The number of H-pyrrole nitrogens is 1. The van der Waals surface area contributed by atoms with Crippen molar-refractivity contribution in [2.75, 3.05) is 0 Å². The van der Waals surface area contributed by atoms with Gasteiger partial charge in [0.15, 0.2) is 0 Å². The molecule has 1 atom stereocenters. The topological polar surface area (TPSA) is 80.5 Å². The third-order valence-electron chi connectivity index (χ3n) is 4.28. The fraction of sp³-hybridized carbons (Fsp3) is 0.316. The van der Waals surface area contributed by atoms with Crippen LogP contribution in [0.25, 0.3) is 22.5 Å². The van der Waals surface area contributed by atoms with Gasteiger partial charge in [0.25, 0.3) is 0 Å². The van der Waals surface area contributed by atoms with Gasteiger partial charge in [0, 0.05) is 11.6 Å². The molecule has 0 bridgehead atoms. The third-order valence-corrected chi connectivity index (χ3v) is 4.28. The summed E-state index contributed by atoms with van der Waals surface area (Å²) in [6.45, 7) is 2.21. The van der Waals surface area contributed by atoms with Gasteiger partial charge in [0.1, 0.15) is 0 Å². The van der Waals surface area contributed by atoms with Crippen molar-refractivity contribution in [1.29, 1.82) is 0 Å². The lowest BCUT2D eigenvalue weighted by Crippen LogP contribution is -2.09. The lowest BCUT2D eigenvalue weighted by Gasteiger charge is -2.13. The first kappa shape index (κ1) is 16.3. The smallest absolute Gasteiger partial charge is 0.205 e. The van der Waals surface area contributed by atoms with Gasteiger partial charge in [0.2, 0.25) is 5.82 Å². The molecule has 0 aliphatic rings. The van der Waals surface area contributed by atoms with Crippen molar-refractivity contribution in [1.82, 2.24) is 20.6 Å². The molecule has 0 saturated heterocycles. The quantitative estimate of drug-likeness (QED) is 0.642. The van der Waals surface area contributed by atoms with Crippen molar-refractivity contribution in [3.8, 4) is 22.5 Å². The van der Waals surface area contributed by atoms with Crippen molar-refractivity contribution in [2.45, 2.75) is 38.6 Å². The zero-order valence-electron chi connectivity index (χ0n) is 13.9. The Balaban J connectivity index is 1.82. The highest BCUT2D eigenvalue weighted by Crippen LogP contribution is 2.30. The molecule has 0 aliphatic heterocycles. The molecule has 0 amide bonds. The number of hydrogen-bond donors (Lipinski definition) is 2. The molecule has 3 rings (SSSR count). The molecule has 0 aliphatic carbocycles. The van der Waals surface area contributed by atoms with Crippen LogP contribution in [0.2, 0.25) is 0 Å². The second kappa shape index (κ2) is 7.84. The Kier molecular flexibility index (Phi) is 5.33. The highest BCUT2D eigenvalue weighted by Gasteiger charge is 2.11. The monoisotopic (exact) mass is 321 g/mol. The Morgan fingerprint density at radius 1 is 1.00 bits per heavy atom. The van der Waals surface area contributed by atoms with Crippen LogP contribution in [0.15, 0.2) is 48.5 Å². The van der Waals surface area contributed by atoms with E-state index in [0.29, 0.717) is 5.82 Å². The van der Waals surface area contributed by atoms with Gasteiger partial charge in [0.05, 0.1) is 0 Å². The van der Waals surface area contributed by atoms with E-state index in [1.807, 2.05) is 18.2 Å². The van der Waals surface area contributed by atoms with Crippen molar-refractivity contribution in [3.05, 3.63) is 54.1 Å². The number of hydrogen-bond acceptors (Lipinski definition) is 4. The maximum Gasteiger partial charge on any atom is 0.205 e. The molecule has 0 radical (unpaired) electrons. The molecule has 5 nitrogen and oxygen atoms in total. The van der Waals surface area contributed by atoms with E-state index in [9.17, 15) is 0 Å². The Morgan fingerprint density at radius 3 is 2.42 bits per heavy atom. The molecular weight excluding hydrogens is 298 g/mol. The number of aromatic amines is 1. The molecule has 0 saturated carbocycles. The first-order valence-electron chi connectivity index (χ1n) is 8.48. The molecular formula is C19H23N5. The molecule has 1 aromatic heterocycles. The normalized spacial score (nSPS) is 12.2. The summed E-state index contributed by atoms with van der Waals surface area (Å²) in [6.07, 6.45) is 4.68. The molecule has 0 fully saturated rings. The van der Waals surface area contributed by atoms with Crippen LogP contribution in [-0.4, -0.2) is 20.6 Å². The molecule has 2 aromatic carbocycles. The first-order chi connectivity index (χ1) is 11.8. The Morgan fingerprint density at radius 2 is 1.75 bits per heavy atom. The second-order valence-corrected chi connectivity index (χ2v) is 6.01. The van der Waals surface area contributed by atoms with Crippen LogP contribution >= 0.6 is 0 Å². The minimum absolute atomic E-state index is 0.109. The maximum absolute atomic E-state index is 6.30. The maximum atomic E-state index is 6.30. The van der Waals surface area contributed by atoms with Gasteiger partial charge < -0.3 is 5.73 Å². The summed E-state index contributed by atoms with van der Waals surface area (Å²) in [5, 5.41) is 14.3. The zero-order chi connectivity index (χ0) is 16.8. The van der Waals surface area contributed by atoms with Crippen LogP contribution in [0.3, 0.4) is 0 Å². The molecule has 124 valence electrons. The van der Waals surface area contributed by atoms with Gasteiger partial charge in [-0.2, -0.15) is 5.21 Å². The van der Waals surface area contributed by atoms with E-state index < -0.39 is 0 Å². The van der Waals surface area contributed by atoms with Crippen molar-refractivity contribution < 1.29 is 0 Å². The summed E-state index contributed by atoms with van der Waals surface area (Å²) in [4.78, 5) is 0. The predicted octanol–water partition coefficient (Wildman–Crippen LogP) is 4.11. The van der Waals surface area contributed by atoms with Gasteiger partial charge in [-0.25, -0.2) is 0 Å². The molecule has 3 aromatic rings. The molecule has 0 spiro atoms. The van der Waals surface area contributed by atoms with E-state index in [-0.39, 0.29) is 6.04 Å². The number of nitrogens with one attached hydrogen (secondary N) is 1. The summed E-state index contributed by atoms with van der Waals surface area (Å²) in [6, 6.07) is 16.7. The standard InChI is InChI=1S/C19H23N5/c1-2-3-4-9-18(20)15-12-10-14(11-13-15)16-7-5-6-8-17(16)19-21-23-24-22-19/h5-8,10-13,18H,2-4,9,20H2,1H3,(H,21,22,23,24). The highest BCUT2D eigenvalue weighted by atomic mass is 15.5. The summed E-state index contributed by atoms with van der Waals surface area (Å²) < 4.78 is 0. The van der Waals surface area contributed by atoms with E-state index >= 15 is 0 Å². The number of nitrogens with two attached hydrogens (primary N) is 1. The predicted molar refractivity (Wildman–Crippen MR) is 96.1 cm³/mol. The lowest BCUT2D eigenvalue weighted by molar-refractivity contribution is 0.581. The van der Waals surface area contributed by atoms with Crippen molar-refractivity contribution in [3.63, 3.8) is 0 Å². The number of nitrogens with zero attached hydrogens (tertiary/aromatic N) is 3. The summed E-state index contributed by atoms with van der Waals surface area (Å²) >= 11 is 0. The second-order valence-electron chi connectivity index (χ2n) is 6.01. The van der Waals surface area contributed by atoms with E-state index in [1.165, 1.54) is 24.8 Å². The van der Waals surface area contributed by atoms with Gasteiger partial charge in [-0.05, 0) is 28.3 Å². The number of tetrazole rings is 1. The van der Waals surface area contributed by atoms with Gasteiger partial charge in [-0.15, -0.1) is 10.2 Å². The van der Waals surface area contributed by atoms with Crippen LogP contribution in [0, 0.1) is 0 Å². The van der Waals surface area contributed by atoms with Crippen LogP contribution in [0.1, 0.15) is 44.2 Å².